The lowest BCUT2D eigenvalue weighted by Gasteiger charge is -2.31. The molecule has 0 bridgehead atoms. The fourth-order valence-electron chi connectivity index (χ4n) is 6.50. The first kappa shape index (κ1) is 38.9. The van der Waals surface area contributed by atoms with E-state index < -0.39 is 0 Å². The van der Waals surface area contributed by atoms with Gasteiger partial charge < -0.3 is 10.2 Å². The number of unbranched alkanes of at least 4 members (excludes halogenated alkanes) is 17. The zero-order chi connectivity index (χ0) is 28.7. The highest BCUT2D eigenvalue weighted by Crippen LogP contribution is 2.24. The molecule has 39 heavy (non-hydrogen) atoms. The predicted octanol–water partition coefficient (Wildman–Crippen LogP) is 12.0. The monoisotopic (exact) mass is 551 g/mol. The van der Waals surface area contributed by atoms with Gasteiger partial charge in [0.2, 0.25) is 0 Å². The molecule has 0 aliphatic rings. The normalized spacial score (nSPS) is 13.4. The van der Waals surface area contributed by atoms with Crippen LogP contribution in [0.4, 0.5) is 0 Å². The van der Waals surface area contributed by atoms with Gasteiger partial charge in [0.05, 0.1) is 0 Å². The van der Waals surface area contributed by atoms with Crippen LogP contribution in [0.5, 0.6) is 0 Å². The molecule has 0 amide bonds. The van der Waals surface area contributed by atoms with Crippen molar-refractivity contribution in [3.05, 3.63) is 0 Å². The molecule has 0 saturated carbocycles. The Morgan fingerprint density at radius 3 is 1.26 bits per heavy atom. The zero-order valence-electron chi connectivity index (χ0n) is 28.3. The largest absolute Gasteiger partial charge is 0.320 e. The zero-order valence-corrected chi connectivity index (χ0v) is 28.3. The van der Waals surface area contributed by atoms with E-state index in [9.17, 15) is 0 Å². The number of hydrogen-bond donors (Lipinski definition) is 1. The van der Waals surface area contributed by atoms with Crippen LogP contribution in [-0.2, 0) is 0 Å². The Labute approximate surface area is 249 Å². The molecule has 0 aromatic heterocycles. The van der Waals surface area contributed by atoms with Crippen LogP contribution in [0.25, 0.3) is 0 Å². The molecule has 2 unspecified atom stereocenters. The molecule has 1 N–H and O–H groups in total. The molecule has 0 rings (SSSR count). The van der Waals surface area contributed by atoms with Crippen molar-refractivity contribution in [1.29, 1.82) is 0 Å². The highest BCUT2D eigenvalue weighted by atomic mass is 15.1. The molecule has 0 spiro atoms. The van der Waals surface area contributed by atoms with Crippen LogP contribution in [0.3, 0.4) is 0 Å². The van der Waals surface area contributed by atoms with Crippen molar-refractivity contribution < 1.29 is 0 Å². The minimum Gasteiger partial charge on any atom is -0.320 e. The minimum atomic E-state index is 0.925. The molecule has 0 aliphatic carbocycles. The van der Waals surface area contributed by atoms with Gasteiger partial charge in [-0.1, -0.05) is 156 Å². The van der Waals surface area contributed by atoms with E-state index >= 15 is 0 Å². The van der Waals surface area contributed by atoms with Crippen molar-refractivity contribution in [2.75, 3.05) is 33.2 Å². The topological polar surface area (TPSA) is 15.3 Å². The summed E-state index contributed by atoms with van der Waals surface area (Å²) in [7, 11) is 2.07. The van der Waals surface area contributed by atoms with E-state index in [1.54, 1.807) is 0 Å². The Morgan fingerprint density at radius 1 is 0.410 bits per heavy atom. The van der Waals surface area contributed by atoms with Crippen LogP contribution in [0.2, 0.25) is 0 Å². The van der Waals surface area contributed by atoms with E-state index in [4.69, 9.17) is 0 Å². The summed E-state index contributed by atoms with van der Waals surface area (Å²) in [4.78, 5) is 2.98. The third-order valence-corrected chi connectivity index (χ3v) is 9.03. The molecule has 0 fully saturated rings. The number of nitrogens with zero attached hydrogens (tertiary/aromatic N) is 1. The molecule has 0 heterocycles. The third kappa shape index (κ3) is 27.8. The van der Waals surface area contributed by atoms with Crippen molar-refractivity contribution in [2.24, 2.45) is 11.8 Å². The minimum absolute atomic E-state index is 0.925. The Kier molecular flexibility index (Phi) is 32.4. The molecule has 0 radical (unpaired) electrons. The van der Waals surface area contributed by atoms with E-state index in [2.05, 4.69) is 45.0 Å². The molecule has 0 aromatic carbocycles. The van der Waals surface area contributed by atoms with Crippen molar-refractivity contribution in [1.82, 2.24) is 10.2 Å². The second-order valence-electron chi connectivity index (χ2n) is 13.1. The lowest BCUT2D eigenvalue weighted by atomic mass is 9.91. The molecular formula is C37H78N2. The molecular weight excluding hydrogens is 472 g/mol. The Balaban J connectivity index is 4.92. The second-order valence-corrected chi connectivity index (χ2v) is 13.1. The van der Waals surface area contributed by atoms with Crippen molar-refractivity contribution in [3.63, 3.8) is 0 Å². The van der Waals surface area contributed by atoms with Gasteiger partial charge in [-0.3, -0.25) is 0 Å². The van der Waals surface area contributed by atoms with Gasteiger partial charge in [-0.05, 0) is 70.5 Å². The predicted molar refractivity (Wildman–Crippen MR) is 180 cm³/mol. The maximum absolute atomic E-state index is 3.29. The first-order valence-corrected chi connectivity index (χ1v) is 18.6. The van der Waals surface area contributed by atoms with Crippen LogP contribution in [0, 0.1) is 11.8 Å². The van der Waals surface area contributed by atoms with Gasteiger partial charge >= 0.3 is 0 Å². The summed E-state index contributed by atoms with van der Waals surface area (Å²) in [5, 5.41) is 3.29. The smallest absolute Gasteiger partial charge is 0.000977 e. The fraction of sp³-hybridized carbons (Fsp3) is 1.00. The van der Waals surface area contributed by atoms with Gasteiger partial charge in [-0.25, -0.2) is 0 Å². The quantitative estimate of drug-likeness (QED) is 0.0817. The molecule has 2 heteroatoms. The van der Waals surface area contributed by atoms with Crippen LogP contribution in [0.1, 0.15) is 195 Å². The van der Waals surface area contributed by atoms with E-state index in [0.29, 0.717) is 0 Å². The Bertz CT molecular complexity index is 437. The number of hydrogen-bond acceptors (Lipinski definition) is 2. The molecule has 0 aliphatic heterocycles. The SMILES string of the molecule is CCCCCCCCC(CCCCCC)CN(CCCCCCCCCNC)CC(CCC)CCCCCC. The highest BCUT2D eigenvalue weighted by molar-refractivity contribution is 4.72. The summed E-state index contributed by atoms with van der Waals surface area (Å²) in [6, 6.07) is 0. The Hall–Kier alpha value is -0.0800. The Morgan fingerprint density at radius 2 is 0.795 bits per heavy atom. The van der Waals surface area contributed by atoms with Crippen LogP contribution >= 0.6 is 0 Å². The maximum Gasteiger partial charge on any atom is 0.000977 e. The standard InChI is InChI=1S/C37H78N2/c1-6-10-13-16-20-25-31-37(30-24-15-12-8-3)35-39(33-27-22-19-17-18-21-26-32-38-5)34-36(28-9-4)29-23-14-11-7-2/h36-38H,6-35H2,1-5H3. The van der Waals surface area contributed by atoms with Gasteiger partial charge in [-0.2, -0.15) is 0 Å². The van der Waals surface area contributed by atoms with Crippen LogP contribution in [0.15, 0.2) is 0 Å². The molecule has 0 aromatic rings. The first-order valence-electron chi connectivity index (χ1n) is 18.6. The van der Waals surface area contributed by atoms with Crippen molar-refractivity contribution in [3.8, 4) is 0 Å². The van der Waals surface area contributed by atoms with Crippen molar-refractivity contribution in [2.45, 2.75) is 195 Å². The number of rotatable bonds is 33. The summed E-state index contributed by atoms with van der Waals surface area (Å²) in [5.41, 5.74) is 0. The number of nitrogens with one attached hydrogen (secondary N) is 1. The summed E-state index contributed by atoms with van der Waals surface area (Å²) in [5.74, 6) is 1.86. The molecule has 2 nitrogen and oxygen atoms in total. The fourth-order valence-corrected chi connectivity index (χ4v) is 6.50. The van der Waals surface area contributed by atoms with Gasteiger partial charge in [0, 0.05) is 13.1 Å². The van der Waals surface area contributed by atoms with E-state index in [1.165, 1.54) is 193 Å². The lowest BCUT2D eigenvalue weighted by Crippen LogP contribution is -2.35. The third-order valence-electron chi connectivity index (χ3n) is 9.03. The summed E-state index contributed by atoms with van der Waals surface area (Å²) in [6.45, 7) is 14.8. The molecule has 236 valence electrons. The lowest BCUT2D eigenvalue weighted by molar-refractivity contribution is 0.171. The molecule has 2 atom stereocenters. The average molecular weight is 551 g/mol. The summed E-state index contributed by atoms with van der Waals surface area (Å²) >= 11 is 0. The summed E-state index contributed by atoms with van der Waals surface area (Å²) < 4.78 is 0. The average Bonchev–Trinajstić information content (AvgIpc) is 2.94. The highest BCUT2D eigenvalue weighted by Gasteiger charge is 2.18. The first-order chi connectivity index (χ1) is 19.2. The van der Waals surface area contributed by atoms with E-state index in [1.807, 2.05) is 0 Å². The van der Waals surface area contributed by atoms with Crippen LogP contribution < -0.4 is 5.32 Å². The summed E-state index contributed by atoms with van der Waals surface area (Å²) in [6.07, 6.45) is 37.2. The van der Waals surface area contributed by atoms with Crippen LogP contribution in [-0.4, -0.2) is 38.1 Å². The second kappa shape index (κ2) is 32.4. The van der Waals surface area contributed by atoms with Gasteiger partial charge in [0.15, 0.2) is 0 Å². The maximum atomic E-state index is 3.29. The van der Waals surface area contributed by atoms with Gasteiger partial charge in [0.25, 0.3) is 0 Å². The van der Waals surface area contributed by atoms with Crippen molar-refractivity contribution >= 4 is 0 Å². The van der Waals surface area contributed by atoms with E-state index in [-0.39, 0.29) is 0 Å². The molecule has 0 saturated heterocycles. The van der Waals surface area contributed by atoms with E-state index in [0.717, 1.165) is 11.8 Å². The van der Waals surface area contributed by atoms with Gasteiger partial charge in [-0.15, -0.1) is 0 Å². The van der Waals surface area contributed by atoms with Gasteiger partial charge in [0.1, 0.15) is 0 Å².